The van der Waals surface area contributed by atoms with Crippen molar-refractivity contribution in [1.29, 1.82) is 0 Å². The molecule has 29 heavy (non-hydrogen) atoms. The van der Waals surface area contributed by atoms with Gasteiger partial charge in [0, 0.05) is 38.7 Å². The number of hydrogen-bond donors (Lipinski definition) is 3. The van der Waals surface area contributed by atoms with Crippen molar-refractivity contribution in [2.45, 2.75) is 65.1 Å². The monoisotopic (exact) mass is 521 g/mol. The molecular weight excluding hydrogens is 485 g/mol. The molecule has 0 spiro atoms. The van der Waals surface area contributed by atoms with Crippen LogP contribution in [0.25, 0.3) is 0 Å². The normalized spacial score (nSPS) is 19.6. The summed E-state index contributed by atoms with van der Waals surface area (Å²) in [6.07, 6.45) is 3.81. The van der Waals surface area contributed by atoms with Crippen molar-refractivity contribution in [2.24, 2.45) is 18.0 Å². The van der Waals surface area contributed by atoms with E-state index in [1.165, 1.54) is 0 Å². The van der Waals surface area contributed by atoms with E-state index < -0.39 is 0 Å². The van der Waals surface area contributed by atoms with Gasteiger partial charge in [-0.2, -0.15) is 0 Å². The van der Waals surface area contributed by atoms with Crippen LogP contribution in [0.2, 0.25) is 0 Å². The molecule has 1 aromatic rings. The summed E-state index contributed by atoms with van der Waals surface area (Å²) in [5.41, 5.74) is 0. The highest BCUT2D eigenvalue weighted by Crippen LogP contribution is 2.24. The molecule has 1 amide bonds. The second kappa shape index (κ2) is 13.0. The summed E-state index contributed by atoms with van der Waals surface area (Å²) < 4.78 is 7.06. The lowest BCUT2D eigenvalue weighted by molar-refractivity contribution is -0.126. The fraction of sp³-hybridized carbons (Fsp3) is 0.789. The maximum absolute atomic E-state index is 12.4. The van der Waals surface area contributed by atoms with Crippen LogP contribution in [0.4, 0.5) is 0 Å². The Morgan fingerprint density at radius 2 is 2.10 bits per heavy atom. The van der Waals surface area contributed by atoms with Crippen molar-refractivity contribution in [1.82, 2.24) is 30.7 Å². The number of aryl methyl sites for hydroxylation is 1. The molecule has 1 heterocycles. The van der Waals surface area contributed by atoms with E-state index in [9.17, 15) is 4.79 Å². The SMILES string of the molecule is COCCNC(=NCc1nnc(C)n1C)NC1CCCC(C(=O)NC(C)C)C1.I. The lowest BCUT2D eigenvalue weighted by Gasteiger charge is -2.30. The molecule has 0 aliphatic heterocycles. The first-order chi connectivity index (χ1) is 13.4. The minimum Gasteiger partial charge on any atom is -0.383 e. The number of nitrogens with zero attached hydrogens (tertiary/aromatic N) is 4. The predicted octanol–water partition coefficient (Wildman–Crippen LogP) is 1.51. The molecule has 0 bridgehead atoms. The molecule has 1 saturated carbocycles. The van der Waals surface area contributed by atoms with Crippen LogP contribution in [-0.4, -0.2) is 59.0 Å². The zero-order chi connectivity index (χ0) is 20.5. The van der Waals surface area contributed by atoms with Crippen molar-refractivity contribution in [3.8, 4) is 0 Å². The first-order valence-electron chi connectivity index (χ1n) is 10.1. The molecule has 1 aliphatic rings. The average molecular weight is 521 g/mol. The van der Waals surface area contributed by atoms with Gasteiger partial charge in [-0.1, -0.05) is 6.42 Å². The minimum atomic E-state index is 0. The number of ether oxygens (including phenoxy) is 1. The summed E-state index contributed by atoms with van der Waals surface area (Å²) in [6, 6.07) is 0.384. The molecule has 166 valence electrons. The molecular formula is C19H36IN7O2. The Labute approximate surface area is 190 Å². The fourth-order valence-electron chi connectivity index (χ4n) is 3.32. The van der Waals surface area contributed by atoms with Crippen molar-refractivity contribution < 1.29 is 9.53 Å². The molecule has 9 nitrogen and oxygen atoms in total. The van der Waals surface area contributed by atoms with Crippen LogP contribution >= 0.6 is 24.0 Å². The third-order valence-electron chi connectivity index (χ3n) is 4.98. The van der Waals surface area contributed by atoms with Gasteiger partial charge < -0.3 is 25.3 Å². The van der Waals surface area contributed by atoms with E-state index in [4.69, 9.17) is 4.74 Å². The van der Waals surface area contributed by atoms with Gasteiger partial charge in [0.2, 0.25) is 5.91 Å². The Morgan fingerprint density at radius 1 is 1.34 bits per heavy atom. The Bertz CT molecular complexity index is 663. The summed E-state index contributed by atoms with van der Waals surface area (Å²) in [4.78, 5) is 17.0. The highest BCUT2D eigenvalue weighted by atomic mass is 127. The maximum atomic E-state index is 12.4. The van der Waals surface area contributed by atoms with E-state index in [-0.39, 0.29) is 47.9 Å². The summed E-state index contributed by atoms with van der Waals surface area (Å²) in [5.74, 6) is 2.59. The first kappa shape index (κ1) is 25.6. The van der Waals surface area contributed by atoms with Gasteiger partial charge in [0.15, 0.2) is 11.8 Å². The van der Waals surface area contributed by atoms with Crippen LogP contribution in [0.1, 0.15) is 51.2 Å². The van der Waals surface area contributed by atoms with Gasteiger partial charge in [-0.05, 0) is 40.0 Å². The van der Waals surface area contributed by atoms with Crippen LogP contribution in [0.5, 0.6) is 0 Å². The number of aliphatic imine (C=N–C) groups is 1. The Balaban J connectivity index is 0.00000420. The van der Waals surface area contributed by atoms with E-state index in [2.05, 4.69) is 31.1 Å². The van der Waals surface area contributed by atoms with Gasteiger partial charge in [0.25, 0.3) is 0 Å². The number of carbonyl (C=O) groups is 1. The number of guanidine groups is 1. The molecule has 2 unspecified atom stereocenters. The Kier molecular flexibility index (Phi) is 11.5. The van der Waals surface area contributed by atoms with Gasteiger partial charge >= 0.3 is 0 Å². The predicted molar refractivity (Wildman–Crippen MR) is 124 cm³/mol. The second-order valence-corrected chi connectivity index (χ2v) is 7.67. The number of aromatic nitrogens is 3. The summed E-state index contributed by atoms with van der Waals surface area (Å²) in [6.45, 7) is 7.59. The molecule has 0 saturated heterocycles. The quantitative estimate of drug-likeness (QED) is 0.207. The van der Waals surface area contributed by atoms with E-state index in [1.807, 2.05) is 32.4 Å². The first-order valence-corrected chi connectivity index (χ1v) is 10.1. The van der Waals surface area contributed by atoms with Crippen molar-refractivity contribution in [2.75, 3.05) is 20.3 Å². The van der Waals surface area contributed by atoms with Crippen molar-refractivity contribution >= 4 is 35.8 Å². The van der Waals surface area contributed by atoms with Crippen molar-refractivity contribution in [3.05, 3.63) is 11.6 Å². The number of hydrogen-bond acceptors (Lipinski definition) is 5. The smallest absolute Gasteiger partial charge is 0.223 e. The number of nitrogens with one attached hydrogen (secondary N) is 3. The van der Waals surface area contributed by atoms with Crippen LogP contribution in [0, 0.1) is 12.8 Å². The summed E-state index contributed by atoms with van der Waals surface area (Å²) >= 11 is 0. The zero-order valence-electron chi connectivity index (χ0n) is 18.2. The molecule has 0 radical (unpaired) electrons. The molecule has 3 N–H and O–H groups in total. The summed E-state index contributed by atoms with van der Waals surface area (Å²) in [5, 5.41) is 18.1. The molecule has 2 atom stereocenters. The lowest BCUT2D eigenvalue weighted by atomic mass is 9.85. The van der Waals surface area contributed by atoms with Gasteiger partial charge in [0.05, 0.1) is 6.61 Å². The number of amides is 1. The third-order valence-corrected chi connectivity index (χ3v) is 4.98. The minimum absolute atomic E-state index is 0. The molecule has 1 aliphatic carbocycles. The molecule has 1 fully saturated rings. The topological polar surface area (TPSA) is 105 Å². The van der Waals surface area contributed by atoms with Gasteiger partial charge in [0.1, 0.15) is 12.4 Å². The number of carbonyl (C=O) groups excluding carboxylic acids is 1. The highest BCUT2D eigenvalue weighted by molar-refractivity contribution is 14.0. The zero-order valence-corrected chi connectivity index (χ0v) is 20.5. The number of halogens is 1. The molecule has 0 aromatic carbocycles. The largest absolute Gasteiger partial charge is 0.383 e. The van der Waals surface area contributed by atoms with Crippen LogP contribution < -0.4 is 16.0 Å². The van der Waals surface area contributed by atoms with E-state index in [1.54, 1.807) is 7.11 Å². The molecule has 1 aromatic heterocycles. The Morgan fingerprint density at radius 3 is 2.72 bits per heavy atom. The molecule has 2 rings (SSSR count). The fourth-order valence-corrected chi connectivity index (χ4v) is 3.32. The molecule has 10 heteroatoms. The van der Waals surface area contributed by atoms with Gasteiger partial charge in [-0.3, -0.25) is 4.79 Å². The van der Waals surface area contributed by atoms with E-state index >= 15 is 0 Å². The summed E-state index contributed by atoms with van der Waals surface area (Å²) in [7, 11) is 3.61. The Hall–Kier alpha value is -1.43. The third kappa shape index (κ3) is 8.45. The second-order valence-electron chi connectivity index (χ2n) is 7.67. The standard InChI is InChI=1S/C19H35N7O2.HI/c1-13(2)22-18(27)15-7-6-8-16(11-15)23-19(20-9-10-28-5)21-12-17-25-24-14(3)26(17)4;/h13,15-16H,6-12H2,1-5H3,(H,22,27)(H2,20,21,23);1H. The van der Waals surface area contributed by atoms with Crippen molar-refractivity contribution in [3.63, 3.8) is 0 Å². The van der Waals surface area contributed by atoms with Crippen LogP contribution in [0.3, 0.4) is 0 Å². The van der Waals surface area contributed by atoms with Gasteiger partial charge in [-0.15, -0.1) is 34.2 Å². The lowest BCUT2D eigenvalue weighted by Crippen LogP contribution is -2.48. The highest BCUT2D eigenvalue weighted by Gasteiger charge is 2.28. The van der Waals surface area contributed by atoms with E-state index in [0.29, 0.717) is 25.7 Å². The maximum Gasteiger partial charge on any atom is 0.223 e. The van der Waals surface area contributed by atoms with Gasteiger partial charge in [-0.25, -0.2) is 4.99 Å². The number of rotatable bonds is 8. The average Bonchev–Trinajstić information content (AvgIpc) is 2.98. The van der Waals surface area contributed by atoms with E-state index in [0.717, 1.165) is 37.3 Å². The van der Waals surface area contributed by atoms with Crippen LogP contribution in [-0.2, 0) is 23.1 Å². The van der Waals surface area contributed by atoms with Crippen LogP contribution in [0.15, 0.2) is 4.99 Å². The number of methoxy groups -OCH3 is 1.